The third-order valence-corrected chi connectivity index (χ3v) is 3.67. The summed E-state index contributed by atoms with van der Waals surface area (Å²) in [6.45, 7) is 0.297. The molecule has 0 bridgehead atoms. The van der Waals surface area contributed by atoms with Gasteiger partial charge < -0.3 is 19.7 Å². The van der Waals surface area contributed by atoms with Crippen molar-refractivity contribution in [2.75, 3.05) is 26.2 Å². The van der Waals surface area contributed by atoms with E-state index in [9.17, 15) is 4.79 Å². The van der Waals surface area contributed by atoms with Crippen molar-refractivity contribution in [2.24, 2.45) is 0 Å². The number of nitrogens with one attached hydrogen (secondary N) is 1. The lowest BCUT2D eigenvalue weighted by Crippen LogP contribution is -2.27. The van der Waals surface area contributed by atoms with Crippen molar-refractivity contribution in [3.63, 3.8) is 0 Å². The van der Waals surface area contributed by atoms with Crippen molar-refractivity contribution in [3.8, 4) is 11.5 Å². The molecule has 0 radical (unpaired) electrons. The molecule has 2 aromatic rings. The van der Waals surface area contributed by atoms with Crippen molar-refractivity contribution >= 4 is 17.8 Å². The van der Waals surface area contributed by atoms with Crippen LogP contribution in [0, 0.1) is 0 Å². The molecule has 0 atom stereocenters. The molecule has 0 aliphatic carbocycles. The first-order chi connectivity index (χ1) is 11.6. The lowest BCUT2D eigenvalue weighted by Gasteiger charge is -2.11. The summed E-state index contributed by atoms with van der Waals surface area (Å²) in [7, 11) is 3.42. The number of hydrogen-bond acceptors (Lipinski definition) is 3. The van der Waals surface area contributed by atoms with Crippen LogP contribution in [-0.2, 0) is 6.42 Å². The van der Waals surface area contributed by atoms with Crippen LogP contribution in [0.15, 0.2) is 48.5 Å². The number of carbonyl (C=O) groups is 1. The largest absolute Gasteiger partial charge is 0.454 e. The molecule has 1 aliphatic heterocycles. The zero-order chi connectivity index (χ0) is 16.9. The Morgan fingerprint density at radius 3 is 2.62 bits per heavy atom. The average Bonchev–Trinajstić information content (AvgIpc) is 3.04. The fourth-order valence-corrected chi connectivity index (χ4v) is 2.31. The number of amides is 2. The Morgan fingerprint density at radius 2 is 1.88 bits per heavy atom. The molecule has 24 heavy (non-hydrogen) atoms. The van der Waals surface area contributed by atoms with E-state index in [1.807, 2.05) is 42.5 Å². The minimum atomic E-state index is -0.138. The normalized spacial score (nSPS) is 12.4. The fourth-order valence-electron chi connectivity index (χ4n) is 2.31. The Hall–Kier alpha value is -2.95. The molecule has 0 spiro atoms. The Balaban J connectivity index is 1.57. The molecule has 0 unspecified atom stereocenters. The second kappa shape index (κ2) is 7.08. The summed E-state index contributed by atoms with van der Waals surface area (Å²) in [5.41, 5.74) is 3.03. The van der Waals surface area contributed by atoms with Gasteiger partial charge in [0, 0.05) is 19.8 Å². The van der Waals surface area contributed by atoms with Crippen molar-refractivity contribution in [2.45, 2.75) is 6.42 Å². The lowest BCUT2D eigenvalue weighted by molar-refractivity contribution is 0.174. The van der Waals surface area contributed by atoms with Gasteiger partial charge in [0.25, 0.3) is 0 Å². The SMILES string of the molecule is CN(C)C(=O)Nc1ccc(/C=C/Cc2ccc3c(c2)OCO3)cc1. The Kier molecular flexibility index (Phi) is 4.70. The number of rotatable bonds is 4. The highest BCUT2D eigenvalue weighted by molar-refractivity contribution is 5.89. The molecule has 124 valence electrons. The van der Waals surface area contributed by atoms with E-state index < -0.39 is 0 Å². The first-order valence-electron chi connectivity index (χ1n) is 7.75. The summed E-state index contributed by atoms with van der Waals surface area (Å²) in [5, 5.41) is 2.81. The van der Waals surface area contributed by atoms with Crippen LogP contribution in [0.5, 0.6) is 11.5 Å². The van der Waals surface area contributed by atoms with Gasteiger partial charge in [-0.1, -0.05) is 30.4 Å². The van der Waals surface area contributed by atoms with E-state index in [2.05, 4.69) is 17.5 Å². The van der Waals surface area contributed by atoms with Crippen LogP contribution in [0.2, 0.25) is 0 Å². The van der Waals surface area contributed by atoms with Gasteiger partial charge in [-0.3, -0.25) is 0 Å². The smallest absolute Gasteiger partial charge is 0.321 e. The average molecular weight is 324 g/mol. The standard InChI is InChI=1S/C19H20N2O3/c1-21(2)19(22)20-16-9-6-14(7-10-16)4-3-5-15-8-11-17-18(12-15)24-13-23-17/h3-4,6-12H,5,13H2,1-2H3,(H,20,22)/b4-3+. The first-order valence-corrected chi connectivity index (χ1v) is 7.75. The Bertz CT molecular complexity index is 752. The van der Waals surface area contributed by atoms with E-state index in [1.54, 1.807) is 14.1 Å². The summed E-state index contributed by atoms with van der Waals surface area (Å²) in [6, 6.07) is 13.6. The monoisotopic (exact) mass is 324 g/mol. The molecule has 1 heterocycles. The predicted molar refractivity (Wildman–Crippen MR) is 94.5 cm³/mol. The fraction of sp³-hybridized carbons (Fsp3) is 0.211. The van der Waals surface area contributed by atoms with Crippen molar-refractivity contribution in [1.29, 1.82) is 0 Å². The van der Waals surface area contributed by atoms with Gasteiger partial charge >= 0.3 is 6.03 Å². The molecular formula is C19H20N2O3. The van der Waals surface area contributed by atoms with Crippen molar-refractivity contribution < 1.29 is 14.3 Å². The van der Waals surface area contributed by atoms with Crippen LogP contribution in [0.25, 0.3) is 6.08 Å². The van der Waals surface area contributed by atoms with E-state index in [1.165, 1.54) is 10.5 Å². The van der Waals surface area contributed by atoms with Crippen LogP contribution in [0.3, 0.4) is 0 Å². The van der Waals surface area contributed by atoms with E-state index in [4.69, 9.17) is 9.47 Å². The third kappa shape index (κ3) is 3.87. The minimum Gasteiger partial charge on any atom is -0.454 e. The molecular weight excluding hydrogens is 304 g/mol. The van der Waals surface area contributed by atoms with Crippen molar-refractivity contribution in [1.82, 2.24) is 4.90 Å². The van der Waals surface area contributed by atoms with Gasteiger partial charge in [-0.05, 0) is 41.8 Å². The summed E-state index contributed by atoms with van der Waals surface area (Å²) in [6.07, 6.45) is 4.98. The number of benzene rings is 2. The van der Waals surface area contributed by atoms with Crippen LogP contribution in [0.4, 0.5) is 10.5 Å². The first kappa shape index (κ1) is 15.9. The van der Waals surface area contributed by atoms with Crippen LogP contribution >= 0.6 is 0 Å². The molecule has 2 amide bonds. The number of allylic oxidation sites excluding steroid dienone is 1. The van der Waals surface area contributed by atoms with Crippen molar-refractivity contribution in [3.05, 3.63) is 59.7 Å². The van der Waals surface area contributed by atoms with E-state index in [0.29, 0.717) is 6.79 Å². The maximum Gasteiger partial charge on any atom is 0.321 e. The van der Waals surface area contributed by atoms with Gasteiger partial charge in [-0.25, -0.2) is 4.79 Å². The van der Waals surface area contributed by atoms with Crippen LogP contribution < -0.4 is 14.8 Å². The predicted octanol–water partition coefficient (Wildman–Crippen LogP) is 3.76. The van der Waals surface area contributed by atoms with E-state index in [0.717, 1.165) is 29.2 Å². The van der Waals surface area contributed by atoms with E-state index in [-0.39, 0.29) is 6.03 Å². The Labute approximate surface area is 141 Å². The highest BCUT2D eigenvalue weighted by Gasteiger charge is 2.12. The molecule has 5 heteroatoms. The molecule has 0 fully saturated rings. The minimum absolute atomic E-state index is 0.138. The number of carbonyl (C=O) groups excluding carboxylic acids is 1. The number of hydrogen-bond donors (Lipinski definition) is 1. The Morgan fingerprint density at radius 1 is 1.12 bits per heavy atom. The third-order valence-electron chi connectivity index (χ3n) is 3.67. The summed E-state index contributed by atoms with van der Waals surface area (Å²) >= 11 is 0. The molecule has 2 aromatic carbocycles. The molecule has 1 aliphatic rings. The molecule has 0 saturated carbocycles. The summed E-state index contributed by atoms with van der Waals surface area (Å²) in [4.78, 5) is 13.1. The maximum absolute atomic E-state index is 11.6. The molecule has 3 rings (SSSR count). The van der Waals surface area contributed by atoms with Gasteiger partial charge in [0.15, 0.2) is 11.5 Å². The zero-order valence-corrected chi connectivity index (χ0v) is 13.8. The number of nitrogens with zero attached hydrogens (tertiary/aromatic N) is 1. The van der Waals surface area contributed by atoms with Crippen LogP contribution in [0.1, 0.15) is 11.1 Å². The summed E-state index contributed by atoms with van der Waals surface area (Å²) < 4.78 is 10.7. The van der Waals surface area contributed by atoms with Gasteiger partial charge in [0.2, 0.25) is 6.79 Å². The topological polar surface area (TPSA) is 50.8 Å². The molecule has 0 saturated heterocycles. The van der Waals surface area contributed by atoms with E-state index >= 15 is 0 Å². The quantitative estimate of drug-likeness (QED) is 0.931. The number of anilines is 1. The van der Waals surface area contributed by atoms with Gasteiger partial charge in [0.1, 0.15) is 0 Å². The zero-order valence-electron chi connectivity index (χ0n) is 13.8. The van der Waals surface area contributed by atoms with Gasteiger partial charge in [-0.2, -0.15) is 0 Å². The maximum atomic E-state index is 11.6. The number of ether oxygens (including phenoxy) is 2. The number of fused-ring (bicyclic) bond motifs is 1. The highest BCUT2D eigenvalue weighted by atomic mass is 16.7. The second-order valence-electron chi connectivity index (χ2n) is 5.74. The van der Waals surface area contributed by atoms with Gasteiger partial charge in [0.05, 0.1) is 0 Å². The molecule has 0 aromatic heterocycles. The molecule has 5 nitrogen and oxygen atoms in total. The van der Waals surface area contributed by atoms with Gasteiger partial charge in [-0.15, -0.1) is 0 Å². The van der Waals surface area contributed by atoms with Crippen LogP contribution in [-0.4, -0.2) is 31.8 Å². The number of urea groups is 1. The molecule has 1 N–H and O–H groups in total. The second-order valence-corrected chi connectivity index (χ2v) is 5.74. The summed E-state index contributed by atoms with van der Waals surface area (Å²) in [5.74, 6) is 1.61. The highest BCUT2D eigenvalue weighted by Crippen LogP contribution is 2.32. The lowest BCUT2D eigenvalue weighted by atomic mass is 10.1.